The summed E-state index contributed by atoms with van der Waals surface area (Å²) in [6, 6.07) is 8.79. The second-order valence-corrected chi connectivity index (χ2v) is 5.48. The standard InChI is InChI=1S/C14H10N6O2S/c15-5-10-12(16)19-14(23-10)20-17-6-8-11(21)7-3-1-2-4-9(7)18-13(8)22/h1-4,6H,16H2,(H,19,20)(H2,18,21,22)/b17-6-. The number of pyridine rings is 1. The van der Waals surface area contributed by atoms with Crippen LogP contribution in [0.25, 0.3) is 10.9 Å². The molecule has 23 heavy (non-hydrogen) atoms. The number of nitrogen functional groups attached to an aromatic ring is 1. The molecule has 0 amide bonds. The summed E-state index contributed by atoms with van der Waals surface area (Å²) in [4.78, 5) is 18.8. The van der Waals surface area contributed by atoms with Crippen LogP contribution >= 0.6 is 11.3 Å². The van der Waals surface area contributed by atoms with Gasteiger partial charge >= 0.3 is 0 Å². The minimum atomic E-state index is -0.469. The van der Waals surface area contributed by atoms with Crippen molar-refractivity contribution in [1.29, 1.82) is 5.26 Å². The number of anilines is 2. The number of hydrogen-bond donors (Lipinski definition) is 4. The minimum absolute atomic E-state index is 0.0150. The van der Waals surface area contributed by atoms with Crippen LogP contribution in [0.15, 0.2) is 34.2 Å². The van der Waals surface area contributed by atoms with Gasteiger partial charge in [0, 0.05) is 5.39 Å². The Morgan fingerprint density at radius 3 is 3.00 bits per heavy atom. The van der Waals surface area contributed by atoms with E-state index >= 15 is 0 Å². The molecule has 9 heteroatoms. The average Bonchev–Trinajstić information content (AvgIpc) is 2.90. The Labute approximate surface area is 133 Å². The number of para-hydroxylation sites is 1. The van der Waals surface area contributed by atoms with Gasteiger partial charge < -0.3 is 15.8 Å². The van der Waals surface area contributed by atoms with E-state index in [1.54, 1.807) is 24.3 Å². The summed E-state index contributed by atoms with van der Waals surface area (Å²) in [7, 11) is 0. The van der Waals surface area contributed by atoms with Gasteiger partial charge in [-0.3, -0.25) is 10.2 Å². The van der Waals surface area contributed by atoms with Crippen LogP contribution < -0.4 is 16.7 Å². The van der Waals surface area contributed by atoms with Crippen LogP contribution in [0.4, 0.5) is 10.9 Å². The third-order valence-corrected chi connectivity index (χ3v) is 3.92. The first-order chi connectivity index (χ1) is 11.1. The normalized spacial score (nSPS) is 10.9. The molecule has 2 heterocycles. The molecule has 0 radical (unpaired) electrons. The molecule has 0 atom stereocenters. The van der Waals surface area contributed by atoms with Gasteiger partial charge in [0.05, 0.1) is 11.7 Å². The van der Waals surface area contributed by atoms with Gasteiger partial charge in [-0.05, 0) is 12.1 Å². The molecule has 0 unspecified atom stereocenters. The van der Waals surface area contributed by atoms with Crippen LogP contribution in [0.2, 0.25) is 0 Å². The first-order valence-electron chi connectivity index (χ1n) is 6.39. The molecule has 0 aliphatic rings. The molecular weight excluding hydrogens is 316 g/mol. The van der Waals surface area contributed by atoms with Crippen LogP contribution in [-0.4, -0.2) is 21.3 Å². The number of nitrogens with one attached hydrogen (secondary N) is 2. The fourth-order valence-electron chi connectivity index (χ4n) is 1.97. The molecule has 0 fully saturated rings. The van der Waals surface area contributed by atoms with Crippen molar-refractivity contribution in [2.24, 2.45) is 5.10 Å². The number of H-pyrrole nitrogens is 1. The maximum absolute atomic E-state index is 12.0. The van der Waals surface area contributed by atoms with Crippen LogP contribution in [-0.2, 0) is 0 Å². The molecule has 0 aliphatic heterocycles. The first-order valence-corrected chi connectivity index (χ1v) is 7.21. The van der Waals surface area contributed by atoms with Gasteiger partial charge in [-0.2, -0.15) is 10.4 Å². The lowest BCUT2D eigenvalue weighted by molar-refractivity contribution is 0.479. The lowest BCUT2D eigenvalue weighted by atomic mass is 10.1. The van der Waals surface area contributed by atoms with Gasteiger partial charge in [-0.15, -0.1) is 0 Å². The predicted octanol–water partition coefficient (Wildman–Crippen LogP) is 1.59. The number of nitrogens with two attached hydrogens (primary N) is 1. The van der Waals surface area contributed by atoms with Gasteiger partial charge in [-0.1, -0.05) is 23.5 Å². The maximum atomic E-state index is 12.0. The molecule has 0 saturated carbocycles. The zero-order valence-corrected chi connectivity index (χ0v) is 12.4. The first kappa shape index (κ1) is 14.6. The Bertz CT molecular complexity index is 1010. The van der Waals surface area contributed by atoms with Gasteiger partial charge in [0.2, 0.25) is 5.13 Å². The van der Waals surface area contributed by atoms with E-state index in [-0.39, 0.29) is 22.0 Å². The quantitative estimate of drug-likeness (QED) is 0.425. The molecule has 0 saturated heterocycles. The number of thiazole rings is 1. The number of aromatic hydroxyl groups is 1. The van der Waals surface area contributed by atoms with E-state index in [0.29, 0.717) is 16.0 Å². The molecule has 114 valence electrons. The lowest BCUT2D eigenvalue weighted by Gasteiger charge is -2.03. The van der Waals surface area contributed by atoms with Gasteiger partial charge in [0.25, 0.3) is 5.56 Å². The summed E-state index contributed by atoms with van der Waals surface area (Å²) in [5.41, 5.74) is 8.19. The summed E-state index contributed by atoms with van der Waals surface area (Å²) in [5.74, 6) is -0.0483. The Kier molecular flexibility index (Phi) is 3.66. The van der Waals surface area contributed by atoms with Crippen molar-refractivity contribution in [3.8, 4) is 11.8 Å². The van der Waals surface area contributed by atoms with E-state index in [9.17, 15) is 9.90 Å². The highest BCUT2D eigenvalue weighted by Gasteiger charge is 2.10. The summed E-state index contributed by atoms with van der Waals surface area (Å²) >= 11 is 1.04. The molecule has 0 spiro atoms. The van der Waals surface area contributed by atoms with Gasteiger partial charge in [-0.25, -0.2) is 4.98 Å². The molecule has 3 aromatic rings. The molecule has 8 nitrogen and oxygen atoms in total. The highest BCUT2D eigenvalue weighted by atomic mass is 32.1. The molecule has 1 aromatic carbocycles. The Morgan fingerprint density at radius 2 is 2.26 bits per heavy atom. The number of hydrogen-bond acceptors (Lipinski definition) is 8. The third-order valence-electron chi connectivity index (χ3n) is 3.04. The third kappa shape index (κ3) is 2.70. The molecule has 0 bridgehead atoms. The molecular formula is C14H10N6O2S. The second-order valence-electron chi connectivity index (χ2n) is 4.48. The zero-order chi connectivity index (χ0) is 16.4. The topological polar surface area (TPSA) is 140 Å². The number of benzene rings is 1. The van der Waals surface area contributed by atoms with Crippen LogP contribution in [0.3, 0.4) is 0 Å². The predicted molar refractivity (Wildman–Crippen MR) is 88.7 cm³/mol. The number of aromatic nitrogens is 2. The van der Waals surface area contributed by atoms with E-state index in [1.165, 1.54) is 6.21 Å². The van der Waals surface area contributed by atoms with Gasteiger partial charge in [0.1, 0.15) is 17.4 Å². The molecule has 0 aliphatic carbocycles. The summed E-state index contributed by atoms with van der Waals surface area (Å²) in [5, 5.41) is 23.7. The highest BCUT2D eigenvalue weighted by molar-refractivity contribution is 7.16. The largest absolute Gasteiger partial charge is 0.506 e. The number of rotatable bonds is 3. The van der Waals surface area contributed by atoms with Crippen molar-refractivity contribution in [2.45, 2.75) is 0 Å². The molecule has 5 N–H and O–H groups in total. The average molecular weight is 326 g/mol. The van der Waals surface area contributed by atoms with Crippen molar-refractivity contribution in [3.05, 3.63) is 45.1 Å². The van der Waals surface area contributed by atoms with Crippen molar-refractivity contribution >= 4 is 39.4 Å². The molecule has 3 rings (SSSR count). The number of hydrazone groups is 1. The smallest absolute Gasteiger partial charge is 0.261 e. The number of nitrogens with zero attached hydrogens (tertiary/aromatic N) is 3. The Balaban J connectivity index is 1.92. The van der Waals surface area contributed by atoms with E-state index in [0.717, 1.165) is 11.3 Å². The van der Waals surface area contributed by atoms with Crippen molar-refractivity contribution < 1.29 is 5.11 Å². The van der Waals surface area contributed by atoms with Crippen molar-refractivity contribution in [1.82, 2.24) is 9.97 Å². The van der Waals surface area contributed by atoms with Gasteiger partial charge in [0.15, 0.2) is 10.7 Å². The Hall–Kier alpha value is -3.38. The minimum Gasteiger partial charge on any atom is -0.506 e. The van der Waals surface area contributed by atoms with E-state index in [4.69, 9.17) is 11.0 Å². The van der Waals surface area contributed by atoms with Crippen molar-refractivity contribution in [2.75, 3.05) is 11.2 Å². The van der Waals surface area contributed by atoms with E-state index in [2.05, 4.69) is 20.5 Å². The van der Waals surface area contributed by atoms with E-state index < -0.39 is 5.56 Å². The van der Waals surface area contributed by atoms with Crippen LogP contribution in [0.5, 0.6) is 5.75 Å². The fraction of sp³-hybridized carbons (Fsp3) is 0. The molecule has 2 aromatic heterocycles. The second kappa shape index (κ2) is 5.78. The van der Waals surface area contributed by atoms with Crippen molar-refractivity contribution in [3.63, 3.8) is 0 Å². The zero-order valence-electron chi connectivity index (χ0n) is 11.6. The van der Waals surface area contributed by atoms with Crippen LogP contribution in [0.1, 0.15) is 10.4 Å². The monoisotopic (exact) mass is 326 g/mol. The maximum Gasteiger partial charge on any atom is 0.261 e. The summed E-state index contributed by atoms with van der Waals surface area (Å²) < 4.78 is 0. The number of aromatic amines is 1. The lowest BCUT2D eigenvalue weighted by Crippen LogP contribution is -2.12. The summed E-state index contributed by atoms with van der Waals surface area (Å²) in [6.45, 7) is 0. The summed E-state index contributed by atoms with van der Waals surface area (Å²) in [6.07, 6.45) is 1.18. The van der Waals surface area contributed by atoms with Crippen LogP contribution in [0, 0.1) is 11.3 Å². The number of nitriles is 1. The fourth-order valence-corrected chi connectivity index (χ4v) is 2.60. The number of fused-ring (bicyclic) bond motifs is 1. The Morgan fingerprint density at radius 1 is 1.48 bits per heavy atom. The highest BCUT2D eigenvalue weighted by Crippen LogP contribution is 2.25. The van der Waals surface area contributed by atoms with E-state index in [1.807, 2.05) is 6.07 Å². The SMILES string of the molecule is N#Cc1sc(N/N=C\c2c(O)c3ccccc3[nH]c2=O)nc1N.